The molecule has 0 bridgehead atoms. The van der Waals surface area contributed by atoms with Gasteiger partial charge in [0.15, 0.2) is 0 Å². The van der Waals surface area contributed by atoms with Gasteiger partial charge >= 0.3 is 0 Å². The predicted octanol–water partition coefficient (Wildman–Crippen LogP) is -0.662. The lowest BCUT2D eigenvalue weighted by Crippen LogP contribution is -2.50. The fourth-order valence-electron chi connectivity index (χ4n) is 1.36. The van der Waals surface area contributed by atoms with Crippen LogP contribution in [0.15, 0.2) is 0 Å². The molecule has 0 saturated carbocycles. The standard InChI is InChI=1S/C7H15NO2/c1-2-5-3-8-4-6(9)7(5)10/h5-10H,2-4H2,1H3/t5-,6+,7+/m0/s1. The highest BCUT2D eigenvalue weighted by atomic mass is 16.3. The highest BCUT2D eigenvalue weighted by Crippen LogP contribution is 2.14. The first-order valence-electron chi connectivity index (χ1n) is 3.82. The molecule has 1 aliphatic heterocycles. The molecule has 0 spiro atoms. The smallest absolute Gasteiger partial charge is 0.0926 e. The van der Waals surface area contributed by atoms with Crippen molar-refractivity contribution in [2.75, 3.05) is 13.1 Å². The Morgan fingerprint density at radius 1 is 1.40 bits per heavy atom. The Balaban J connectivity index is 2.42. The summed E-state index contributed by atoms with van der Waals surface area (Å²) in [5, 5.41) is 21.6. The van der Waals surface area contributed by atoms with Gasteiger partial charge in [0.25, 0.3) is 0 Å². The highest BCUT2D eigenvalue weighted by Gasteiger charge is 2.28. The van der Waals surface area contributed by atoms with E-state index >= 15 is 0 Å². The van der Waals surface area contributed by atoms with Crippen molar-refractivity contribution >= 4 is 0 Å². The van der Waals surface area contributed by atoms with Gasteiger partial charge in [-0.05, 0) is 12.3 Å². The highest BCUT2D eigenvalue weighted by molar-refractivity contribution is 4.83. The minimum absolute atomic E-state index is 0.226. The summed E-state index contributed by atoms with van der Waals surface area (Å²) in [6.07, 6.45) is -0.171. The average Bonchev–Trinajstić information content (AvgIpc) is 1.95. The van der Waals surface area contributed by atoms with Crippen molar-refractivity contribution in [3.05, 3.63) is 0 Å². The number of piperidine rings is 1. The first-order chi connectivity index (χ1) is 4.75. The molecule has 1 heterocycles. The molecule has 3 N–H and O–H groups in total. The van der Waals surface area contributed by atoms with Crippen molar-refractivity contribution < 1.29 is 10.2 Å². The lowest BCUT2D eigenvalue weighted by molar-refractivity contribution is -0.0356. The lowest BCUT2D eigenvalue weighted by atomic mass is 9.92. The van der Waals surface area contributed by atoms with Crippen LogP contribution in [-0.2, 0) is 0 Å². The number of nitrogens with one attached hydrogen (secondary N) is 1. The van der Waals surface area contributed by atoms with Gasteiger partial charge in [-0.15, -0.1) is 0 Å². The Labute approximate surface area is 61.1 Å². The van der Waals surface area contributed by atoms with Gasteiger partial charge in [0.2, 0.25) is 0 Å². The largest absolute Gasteiger partial charge is 0.390 e. The maximum absolute atomic E-state index is 9.35. The summed E-state index contributed by atoms with van der Waals surface area (Å²) < 4.78 is 0. The van der Waals surface area contributed by atoms with Crippen molar-refractivity contribution in [3.8, 4) is 0 Å². The second-order valence-corrected chi connectivity index (χ2v) is 2.88. The van der Waals surface area contributed by atoms with Crippen LogP contribution >= 0.6 is 0 Å². The first-order valence-corrected chi connectivity index (χ1v) is 3.82. The molecule has 1 fully saturated rings. The number of aliphatic hydroxyl groups excluding tert-OH is 2. The maximum Gasteiger partial charge on any atom is 0.0926 e. The van der Waals surface area contributed by atoms with Crippen LogP contribution in [0.3, 0.4) is 0 Å². The van der Waals surface area contributed by atoms with E-state index in [1.165, 1.54) is 0 Å². The van der Waals surface area contributed by atoms with Gasteiger partial charge in [0.05, 0.1) is 12.2 Å². The van der Waals surface area contributed by atoms with Gasteiger partial charge in [0, 0.05) is 13.1 Å². The minimum atomic E-state index is -0.571. The summed E-state index contributed by atoms with van der Waals surface area (Å²) in [4.78, 5) is 0. The van der Waals surface area contributed by atoms with E-state index < -0.39 is 12.2 Å². The quantitative estimate of drug-likeness (QED) is 0.459. The van der Waals surface area contributed by atoms with E-state index in [1.807, 2.05) is 6.92 Å². The van der Waals surface area contributed by atoms with E-state index in [0.717, 1.165) is 13.0 Å². The van der Waals surface area contributed by atoms with E-state index in [9.17, 15) is 5.11 Å². The molecule has 1 rings (SSSR count). The molecule has 0 aromatic carbocycles. The van der Waals surface area contributed by atoms with Gasteiger partial charge in [-0.25, -0.2) is 0 Å². The second-order valence-electron chi connectivity index (χ2n) is 2.88. The predicted molar refractivity (Wildman–Crippen MR) is 38.7 cm³/mol. The Morgan fingerprint density at radius 2 is 2.10 bits per heavy atom. The zero-order chi connectivity index (χ0) is 7.56. The van der Waals surface area contributed by atoms with Crippen molar-refractivity contribution in [2.45, 2.75) is 25.6 Å². The molecule has 1 aliphatic rings. The van der Waals surface area contributed by atoms with E-state index in [-0.39, 0.29) is 5.92 Å². The SMILES string of the molecule is CC[C@H]1CNC[C@@H](O)[C@@H]1O. The maximum atomic E-state index is 9.35. The van der Waals surface area contributed by atoms with Gasteiger partial charge in [-0.3, -0.25) is 0 Å². The summed E-state index contributed by atoms with van der Waals surface area (Å²) in [6, 6.07) is 0. The van der Waals surface area contributed by atoms with Crippen molar-refractivity contribution in [2.24, 2.45) is 5.92 Å². The number of hydrogen-bond acceptors (Lipinski definition) is 3. The van der Waals surface area contributed by atoms with Crippen LogP contribution in [0.4, 0.5) is 0 Å². The van der Waals surface area contributed by atoms with Crippen molar-refractivity contribution in [3.63, 3.8) is 0 Å². The monoisotopic (exact) mass is 145 g/mol. The normalized spacial score (nSPS) is 41.7. The molecule has 1 saturated heterocycles. The molecule has 60 valence electrons. The van der Waals surface area contributed by atoms with Gasteiger partial charge in [0.1, 0.15) is 0 Å². The summed E-state index contributed by atoms with van der Waals surface area (Å²) in [6.45, 7) is 3.38. The third kappa shape index (κ3) is 1.48. The van der Waals surface area contributed by atoms with Gasteiger partial charge < -0.3 is 15.5 Å². The Hall–Kier alpha value is -0.120. The number of aliphatic hydroxyl groups is 2. The van der Waals surface area contributed by atoms with Gasteiger partial charge in [-0.2, -0.15) is 0 Å². The molecule has 3 atom stereocenters. The number of hydrogen-bond donors (Lipinski definition) is 3. The molecule has 0 aromatic heterocycles. The Kier molecular flexibility index (Phi) is 2.65. The fraction of sp³-hybridized carbons (Fsp3) is 1.00. The van der Waals surface area contributed by atoms with Crippen molar-refractivity contribution in [1.82, 2.24) is 5.32 Å². The Morgan fingerprint density at radius 3 is 2.60 bits per heavy atom. The summed E-state index contributed by atoms with van der Waals surface area (Å²) in [7, 11) is 0. The third-order valence-electron chi connectivity index (χ3n) is 2.16. The van der Waals surface area contributed by atoms with Crippen molar-refractivity contribution in [1.29, 1.82) is 0 Å². The molecule has 3 heteroatoms. The molecule has 10 heavy (non-hydrogen) atoms. The average molecular weight is 145 g/mol. The van der Waals surface area contributed by atoms with E-state index in [1.54, 1.807) is 0 Å². The third-order valence-corrected chi connectivity index (χ3v) is 2.16. The van der Waals surface area contributed by atoms with Crippen LogP contribution in [-0.4, -0.2) is 35.5 Å². The van der Waals surface area contributed by atoms with Gasteiger partial charge in [-0.1, -0.05) is 6.92 Å². The second kappa shape index (κ2) is 3.32. The Bertz CT molecular complexity index is 108. The molecular formula is C7H15NO2. The molecule has 0 unspecified atom stereocenters. The van der Waals surface area contributed by atoms with Crippen LogP contribution in [0.5, 0.6) is 0 Å². The number of rotatable bonds is 1. The molecule has 0 aliphatic carbocycles. The molecule has 0 radical (unpaired) electrons. The van der Waals surface area contributed by atoms with Crippen LogP contribution < -0.4 is 5.32 Å². The lowest BCUT2D eigenvalue weighted by Gasteiger charge is -2.31. The van der Waals surface area contributed by atoms with Crippen LogP contribution in [0.25, 0.3) is 0 Å². The van der Waals surface area contributed by atoms with E-state index in [4.69, 9.17) is 5.11 Å². The topological polar surface area (TPSA) is 52.5 Å². The molecule has 0 aromatic rings. The minimum Gasteiger partial charge on any atom is -0.390 e. The van der Waals surface area contributed by atoms with Crippen LogP contribution in [0.1, 0.15) is 13.3 Å². The zero-order valence-corrected chi connectivity index (χ0v) is 6.25. The first kappa shape index (κ1) is 7.98. The summed E-state index contributed by atoms with van der Waals surface area (Å²) in [5.74, 6) is 0.226. The summed E-state index contributed by atoms with van der Waals surface area (Å²) in [5.41, 5.74) is 0. The van der Waals surface area contributed by atoms with E-state index in [0.29, 0.717) is 6.54 Å². The molecular weight excluding hydrogens is 130 g/mol. The zero-order valence-electron chi connectivity index (χ0n) is 6.25. The van der Waals surface area contributed by atoms with Crippen LogP contribution in [0.2, 0.25) is 0 Å². The number of β-amino-alcohol motifs (C(OH)–C–C–N with tert-alkyl or cyclic N) is 1. The molecule has 3 nitrogen and oxygen atoms in total. The summed E-state index contributed by atoms with van der Waals surface area (Å²) >= 11 is 0. The fourth-order valence-corrected chi connectivity index (χ4v) is 1.36. The van der Waals surface area contributed by atoms with E-state index in [2.05, 4.69) is 5.32 Å². The van der Waals surface area contributed by atoms with Crippen LogP contribution in [0, 0.1) is 5.92 Å². The molecule has 0 amide bonds.